The summed E-state index contributed by atoms with van der Waals surface area (Å²) in [5.74, 6) is 0.0446. The summed E-state index contributed by atoms with van der Waals surface area (Å²) in [4.78, 5) is 31.4. The van der Waals surface area contributed by atoms with E-state index in [-0.39, 0.29) is 30.4 Å². The number of anilines is 1. The minimum absolute atomic E-state index is 0.00781. The van der Waals surface area contributed by atoms with E-state index >= 15 is 0 Å². The zero-order valence-electron chi connectivity index (χ0n) is 17.3. The van der Waals surface area contributed by atoms with Crippen molar-refractivity contribution < 1.29 is 14.3 Å². The maximum absolute atomic E-state index is 13.0. The predicted octanol–water partition coefficient (Wildman–Crippen LogP) is 3.18. The van der Waals surface area contributed by atoms with E-state index in [2.05, 4.69) is 30.0 Å². The summed E-state index contributed by atoms with van der Waals surface area (Å²) < 4.78 is 5.54. The van der Waals surface area contributed by atoms with Crippen LogP contribution in [0.4, 0.5) is 10.5 Å². The minimum atomic E-state index is -0.342. The van der Waals surface area contributed by atoms with Gasteiger partial charge in [-0.2, -0.15) is 5.26 Å². The van der Waals surface area contributed by atoms with Crippen molar-refractivity contribution in [1.82, 2.24) is 9.80 Å². The van der Waals surface area contributed by atoms with E-state index in [1.165, 1.54) is 0 Å². The molecule has 2 heterocycles. The summed E-state index contributed by atoms with van der Waals surface area (Å²) in [5, 5.41) is 8.97. The molecule has 1 saturated heterocycles. The predicted molar refractivity (Wildman–Crippen MR) is 110 cm³/mol. The van der Waals surface area contributed by atoms with Crippen LogP contribution in [-0.4, -0.2) is 61.6 Å². The number of unbranched alkanes of at least 4 members (excludes halogenated alkanes) is 1. The first kappa shape index (κ1) is 21.0. The number of benzene rings is 1. The molecule has 2 aliphatic heterocycles. The van der Waals surface area contributed by atoms with E-state index in [4.69, 9.17) is 10.00 Å². The van der Waals surface area contributed by atoms with Crippen LogP contribution in [0.5, 0.6) is 0 Å². The van der Waals surface area contributed by atoms with Crippen LogP contribution in [0.3, 0.4) is 0 Å². The van der Waals surface area contributed by atoms with E-state index < -0.39 is 0 Å². The van der Waals surface area contributed by atoms with Gasteiger partial charge in [0.1, 0.15) is 0 Å². The van der Waals surface area contributed by atoms with Crippen molar-refractivity contribution in [3.63, 3.8) is 0 Å². The number of hydrogen-bond acceptors (Lipinski definition) is 5. The van der Waals surface area contributed by atoms with Crippen LogP contribution in [-0.2, 0) is 9.53 Å². The number of rotatable bonds is 5. The second-order valence-corrected chi connectivity index (χ2v) is 7.80. The monoisotopic (exact) mass is 398 g/mol. The van der Waals surface area contributed by atoms with Crippen molar-refractivity contribution in [3.05, 3.63) is 29.8 Å². The van der Waals surface area contributed by atoms with Gasteiger partial charge >= 0.3 is 6.09 Å². The lowest BCUT2D eigenvalue weighted by molar-refractivity contribution is -0.133. The Morgan fingerprint density at radius 1 is 1.31 bits per heavy atom. The Hall–Kier alpha value is -2.75. The van der Waals surface area contributed by atoms with Crippen molar-refractivity contribution in [3.8, 4) is 6.07 Å². The zero-order valence-corrected chi connectivity index (χ0v) is 17.3. The molecule has 7 nitrogen and oxygen atoms in total. The number of carbonyl (C=O) groups is 2. The SMILES string of the molecule is CCCCOC(=O)N1CCC(=O)N(CCC#N)C[C@H]2CN(C)c3ccccc3[C@@H]21. The first-order valence-electron chi connectivity index (χ1n) is 10.4. The van der Waals surface area contributed by atoms with E-state index in [0.717, 1.165) is 30.6 Å². The number of para-hydroxylation sites is 1. The molecule has 7 heteroatoms. The first-order valence-corrected chi connectivity index (χ1v) is 10.4. The van der Waals surface area contributed by atoms with Crippen LogP contribution in [0.1, 0.15) is 44.2 Å². The van der Waals surface area contributed by atoms with Crippen LogP contribution in [0.25, 0.3) is 0 Å². The topological polar surface area (TPSA) is 76.9 Å². The lowest BCUT2D eigenvalue weighted by Gasteiger charge is -2.47. The Kier molecular flexibility index (Phi) is 6.97. The van der Waals surface area contributed by atoms with Gasteiger partial charge in [0, 0.05) is 51.3 Å². The van der Waals surface area contributed by atoms with Crippen LogP contribution >= 0.6 is 0 Å². The van der Waals surface area contributed by atoms with Gasteiger partial charge in [-0.25, -0.2) is 4.79 Å². The molecule has 2 amide bonds. The van der Waals surface area contributed by atoms with Crippen molar-refractivity contribution in [2.75, 3.05) is 44.7 Å². The quantitative estimate of drug-likeness (QED) is 0.712. The second-order valence-electron chi connectivity index (χ2n) is 7.80. The molecule has 156 valence electrons. The minimum Gasteiger partial charge on any atom is -0.449 e. The van der Waals surface area contributed by atoms with Crippen LogP contribution < -0.4 is 4.90 Å². The smallest absolute Gasteiger partial charge is 0.410 e. The normalized spacial score (nSPS) is 21.6. The summed E-state index contributed by atoms with van der Waals surface area (Å²) in [7, 11) is 2.04. The van der Waals surface area contributed by atoms with Gasteiger partial charge in [0.2, 0.25) is 5.91 Å². The molecule has 0 unspecified atom stereocenters. The summed E-state index contributed by atoms with van der Waals surface area (Å²) in [6, 6.07) is 10.1. The summed E-state index contributed by atoms with van der Waals surface area (Å²) >= 11 is 0. The Bertz CT molecular complexity index is 776. The van der Waals surface area contributed by atoms with Gasteiger partial charge in [-0.1, -0.05) is 31.5 Å². The number of amides is 2. The van der Waals surface area contributed by atoms with Crippen LogP contribution in [0.2, 0.25) is 0 Å². The third-order valence-corrected chi connectivity index (χ3v) is 5.78. The zero-order chi connectivity index (χ0) is 20.8. The Balaban J connectivity index is 1.93. The molecule has 0 aliphatic carbocycles. The highest BCUT2D eigenvalue weighted by Crippen LogP contribution is 2.41. The molecular formula is C22H30N4O3. The second kappa shape index (κ2) is 9.64. The van der Waals surface area contributed by atoms with E-state index in [9.17, 15) is 9.59 Å². The molecule has 0 spiro atoms. The molecule has 0 aromatic heterocycles. The molecule has 2 atom stereocenters. The van der Waals surface area contributed by atoms with E-state index in [1.807, 2.05) is 19.2 Å². The van der Waals surface area contributed by atoms with Gasteiger partial charge in [-0.3, -0.25) is 4.79 Å². The summed E-state index contributed by atoms with van der Waals surface area (Å²) in [5.41, 5.74) is 2.20. The van der Waals surface area contributed by atoms with Gasteiger partial charge in [-0.15, -0.1) is 0 Å². The number of nitrogens with zero attached hydrogens (tertiary/aromatic N) is 4. The molecule has 0 bridgehead atoms. The molecular weight excluding hydrogens is 368 g/mol. The molecule has 0 radical (unpaired) electrons. The van der Waals surface area contributed by atoms with E-state index in [0.29, 0.717) is 32.7 Å². The highest BCUT2D eigenvalue weighted by molar-refractivity contribution is 5.78. The van der Waals surface area contributed by atoms with Gasteiger partial charge in [0.25, 0.3) is 0 Å². The molecule has 1 fully saturated rings. The van der Waals surface area contributed by atoms with Gasteiger partial charge in [-0.05, 0) is 18.1 Å². The molecule has 0 saturated carbocycles. The summed E-state index contributed by atoms with van der Waals surface area (Å²) in [6.07, 6.45) is 2.01. The average Bonchev–Trinajstić information content (AvgIpc) is 2.71. The lowest BCUT2D eigenvalue weighted by Crippen LogP contribution is -2.53. The molecule has 2 aliphatic rings. The Morgan fingerprint density at radius 2 is 2.10 bits per heavy atom. The van der Waals surface area contributed by atoms with E-state index in [1.54, 1.807) is 9.80 Å². The third kappa shape index (κ3) is 4.64. The van der Waals surface area contributed by atoms with Crippen molar-refractivity contribution in [2.24, 2.45) is 5.92 Å². The number of fused-ring (bicyclic) bond motifs is 3. The molecule has 0 N–H and O–H groups in total. The fraction of sp³-hybridized carbons (Fsp3) is 0.591. The molecule has 1 aromatic carbocycles. The first-order chi connectivity index (χ1) is 14.1. The number of carbonyl (C=O) groups excluding carboxylic acids is 2. The standard InChI is InChI=1S/C22H30N4O3/c1-3-4-14-29-22(28)26-13-10-20(27)25(12-7-11-23)16-17-15-24(2)19-9-6-5-8-18(19)21(17)26/h5-6,8-9,17,21H,3-4,7,10,12-16H2,1-2H3/t17-,21-/m1/s1. The highest BCUT2D eigenvalue weighted by Gasteiger charge is 2.41. The third-order valence-electron chi connectivity index (χ3n) is 5.78. The largest absolute Gasteiger partial charge is 0.449 e. The van der Waals surface area contributed by atoms with Crippen LogP contribution in [0.15, 0.2) is 24.3 Å². The number of nitriles is 1. The van der Waals surface area contributed by atoms with Crippen molar-refractivity contribution in [2.45, 2.75) is 38.6 Å². The van der Waals surface area contributed by atoms with Gasteiger partial charge in [0.05, 0.1) is 25.1 Å². The number of hydrogen-bond donors (Lipinski definition) is 0. The molecule has 1 aromatic rings. The van der Waals surface area contributed by atoms with Crippen molar-refractivity contribution >= 4 is 17.7 Å². The Morgan fingerprint density at radius 3 is 2.86 bits per heavy atom. The fourth-order valence-corrected chi connectivity index (χ4v) is 4.36. The highest BCUT2D eigenvalue weighted by atomic mass is 16.6. The van der Waals surface area contributed by atoms with Crippen LogP contribution in [0, 0.1) is 17.2 Å². The van der Waals surface area contributed by atoms with Crippen molar-refractivity contribution in [1.29, 1.82) is 5.26 Å². The molecule has 29 heavy (non-hydrogen) atoms. The molecule has 3 rings (SSSR count). The fourth-order valence-electron chi connectivity index (χ4n) is 4.36. The van der Waals surface area contributed by atoms with Gasteiger partial charge < -0.3 is 19.4 Å². The Labute approximate surface area is 172 Å². The lowest BCUT2D eigenvalue weighted by atomic mass is 9.85. The maximum Gasteiger partial charge on any atom is 0.410 e. The van der Waals surface area contributed by atoms with Gasteiger partial charge in [0.15, 0.2) is 0 Å². The maximum atomic E-state index is 13.0. The summed E-state index contributed by atoms with van der Waals surface area (Å²) in [6.45, 7) is 4.48. The number of ether oxygens (including phenoxy) is 1. The average molecular weight is 399 g/mol.